The van der Waals surface area contributed by atoms with Gasteiger partial charge in [-0.25, -0.2) is 9.37 Å². The van der Waals surface area contributed by atoms with Crippen molar-refractivity contribution >= 4 is 11.0 Å². The topological polar surface area (TPSA) is 36.3 Å². The zero-order valence-electron chi connectivity index (χ0n) is 14.6. The Bertz CT molecular complexity index is 923. The van der Waals surface area contributed by atoms with Crippen LogP contribution in [0.15, 0.2) is 48.5 Å². The van der Waals surface area contributed by atoms with E-state index < -0.39 is 0 Å². The van der Waals surface area contributed by atoms with Crippen molar-refractivity contribution < 1.29 is 13.9 Å². The second-order valence-corrected chi connectivity index (χ2v) is 7.29. The molecule has 0 radical (unpaired) electrons. The second-order valence-electron chi connectivity index (χ2n) is 7.29. The SMILES string of the molecule is Cc1nc2ccccc2n1CC1CC2CC(c3ccc(F)cc3)OC2O1. The summed E-state index contributed by atoms with van der Waals surface area (Å²) in [5.74, 6) is 1.19. The molecule has 0 N–H and O–H groups in total. The van der Waals surface area contributed by atoms with Crippen LogP contribution in [0.4, 0.5) is 4.39 Å². The zero-order chi connectivity index (χ0) is 17.7. The number of aromatic nitrogens is 2. The maximum atomic E-state index is 13.1. The molecule has 0 bridgehead atoms. The van der Waals surface area contributed by atoms with E-state index in [-0.39, 0.29) is 24.3 Å². The van der Waals surface area contributed by atoms with Crippen LogP contribution in [0, 0.1) is 18.7 Å². The molecule has 0 aliphatic carbocycles. The lowest BCUT2D eigenvalue weighted by Crippen LogP contribution is -2.19. The van der Waals surface area contributed by atoms with Crippen molar-refractivity contribution in [3.8, 4) is 0 Å². The molecule has 2 aliphatic heterocycles. The van der Waals surface area contributed by atoms with Gasteiger partial charge in [0.25, 0.3) is 0 Å². The molecule has 2 aromatic carbocycles. The Kier molecular flexibility index (Phi) is 3.80. The number of benzene rings is 2. The highest BCUT2D eigenvalue weighted by Crippen LogP contribution is 2.44. The predicted octanol–water partition coefficient (Wildman–Crippen LogP) is 4.38. The molecule has 5 heteroatoms. The quantitative estimate of drug-likeness (QED) is 0.702. The Hall–Kier alpha value is -2.24. The van der Waals surface area contributed by atoms with Gasteiger partial charge in [0.2, 0.25) is 0 Å². The first-order chi connectivity index (χ1) is 12.7. The number of imidazole rings is 1. The van der Waals surface area contributed by atoms with Gasteiger partial charge in [0.05, 0.1) is 29.8 Å². The minimum atomic E-state index is -0.216. The third-order valence-electron chi connectivity index (χ3n) is 5.57. The lowest BCUT2D eigenvalue weighted by atomic mass is 9.96. The van der Waals surface area contributed by atoms with Crippen molar-refractivity contribution in [2.45, 2.75) is 44.8 Å². The number of nitrogens with zero attached hydrogens (tertiary/aromatic N) is 2. The van der Waals surface area contributed by atoms with E-state index in [2.05, 4.69) is 15.6 Å². The molecule has 0 saturated carbocycles. The third-order valence-corrected chi connectivity index (χ3v) is 5.57. The van der Waals surface area contributed by atoms with E-state index in [4.69, 9.17) is 9.47 Å². The summed E-state index contributed by atoms with van der Waals surface area (Å²) in [5, 5.41) is 0. The summed E-state index contributed by atoms with van der Waals surface area (Å²) in [6.45, 7) is 2.83. The Morgan fingerprint density at radius 2 is 1.88 bits per heavy atom. The van der Waals surface area contributed by atoms with Crippen molar-refractivity contribution in [1.82, 2.24) is 9.55 Å². The van der Waals surface area contributed by atoms with Crippen LogP contribution in [0.1, 0.15) is 30.3 Å². The average Bonchev–Trinajstić information content (AvgIpc) is 3.28. The van der Waals surface area contributed by atoms with Crippen molar-refractivity contribution in [1.29, 1.82) is 0 Å². The standard InChI is InChI=1S/C21H21FN2O2/c1-13-23-18-4-2-3-5-19(18)24(13)12-17-10-15-11-20(26-21(15)25-17)14-6-8-16(22)9-7-14/h2-9,15,17,20-21H,10-12H2,1H3. The number of hydrogen-bond acceptors (Lipinski definition) is 3. The lowest BCUT2D eigenvalue weighted by Gasteiger charge is -2.18. The minimum Gasteiger partial charge on any atom is -0.347 e. The Labute approximate surface area is 151 Å². The van der Waals surface area contributed by atoms with E-state index in [1.165, 1.54) is 12.1 Å². The van der Waals surface area contributed by atoms with Gasteiger partial charge in [-0.05, 0) is 49.6 Å². The number of rotatable bonds is 3. The fourth-order valence-electron chi connectivity index (χ4n) is 4.29. The first-order valence-electron chi connectivity index (χ1n) is 9.15. The van der Waals surface area contributed by atoms with Gasteiger partial charge >= 0.3 is 0 Å². The summed E-state index contributed by atoms with van der Waals surface area (Å²) in [4.78, 5) is 4.63. The Morgan fingerprint density at radius 3 is 2.69 bits per heavy atom. The molecular weight excluding hydrogens is 331 g/mol. The number of aryl methyl sites for hydroxylation is 1. The fourth-order valence-corrected chi connectivity index (χ4v) is 4.29. The molecule has 0 spiro atoms. The number of fused-ring (bicyclic) bond motifs is 2. The van der Waals surface area contributed by atoms with Crippen molar-refractivity contribution in [3.63, 3.8) is 0 Å². The molecule has 134 valence electrons. The molecule has 4 atom stereocenters. The first kappa shape index (κ1) is 16.0. The summed E-state index contributed by atoms with van der Waals surface area (Å²) < 4.78 is 27.6. The molecule has 3 heterocycles. The molecule has 1 aromatic heterocycles. The lowest BCUT2D eigenvalue weighted by molar-refractivity contribution is -0.142. The van der Waals surface area contributed by atoms with Gasteiger partial charge in [-0.2, -0.15) is 0 Å². The van der Waals surface area contributed by atoms with Gasteiger partial charge < -0.3 is 14.0 Å². The van der Waals surface area contributed by atoms with Gasteiger partial charge in [0, 0.05) is 5.92 Å². The molecule has 2 saturated heterocycles. The van der Waals surface area contributed by atoms with Gasteiger partial charge in [-0.15, -0.1) is 0 Å². The van der Waals surface area contributed by atoms with Crippen molar-refractivity contribution in [3.05, 3.63) is 65.7 Å². The Morgan fingerprint density at radius 1 is 1.08 bits per heavy atom. The van der Waals surface area contributed by atoms with Crippen LogP contribution >= 0.6 is 0 Å². The van der Waals surface area contributed by atoms with Gasteiger partial charge in [0.1, 0.15) is 11.6 Å². The predicted molar refractivity (Wildman–Crippen MR) is 96.1 cm³/mol. The highest BCUT2D eigenvalue weighted by Gasteiger charge is 2.44. The third kappa shape index (κ3) is 2.72. The van der Waals surface area contributed by atoms with Crippen LogP contribution in [0.2, 0.25) is 0 Å². The summed E-state index contributed by atoms with van der Waals surface area (Å²) in [7, 11) is 0. The average molecular weight is 352 g/mol. The van der Waals surface area contributed by atoms with Crippen LogP contribution in [-0.4, -0.2) is 21.9 Å². The van der Waals surface area contributed by atoms with E-state index in [0.29, 0.717) is 5.92 Å². The van der Waals surface area contributed by atoms with E-state index in [9.17, 15) is 4.39 Å². The number of para-hydroxylation sites is 2. The number of halogens is 1. The normalized spacial score (nSPS) is 27.9. The van der Waals surface area contributed by atoms with Crippen LogP contribution < -0.4 is 0 Å². The van der Waals surface area contributed by atoms with Crippen LogP contribution in [0.3, 0.4) is 0 Å². The van der Waals surface area contributed by atoms with Crippen LogP contribution in [0.25, 0.3) is 11.0 Å². The van der Waals surface area contributed by atoms with E-state index in [1.54, 1.807) is 12.1 Å². The monoisotopic (exact) mass is 352 g/mol. The molecular formula is C21H21FN2O2. The second kappa shape index (κ2) is 6.18. The maximum absolute atomic E-state index is 13.1. The maximum Gasteiger partial charge on any atom is 0.161 e. The highest BCUT2D eigenvalue weighted by molar-refractivity contribution is 5.75. The molecule has 4 unspecified atom stereocenters. The minimum absolute atomic E-state index is 0.00219. The fraction of sp³-hybridized carbons (Fsp3) is 0.381. The Balaban J connectivity index is 1.28. The molecule has 2 fully saturated rings. The van der Waals surface area contributed by atoms with Crippen LogP contribution in [0.5, 0.6) is 0 Å². The smallest absolute Gasteiger partial charge is 0.161 e. The van der Waals surface area contributed by atoms with E-state index in [0.717, 1.165) is 41.8 Å². The molecule has 4 nitrogen and oxygen atoms in total. The largest absolute Gasteiger partial charge is 0.347 e. The number of hydrogen-bond donors (Lipinski definition) is 0. The summed E-state index contributed by atoms with van der Waals surface area (Å²) >= 11 is 0. The van der Waals surface area contributed by atoms with Crippen LogP contribution in [-0.2, 0) is 16.0 Å². The van der Waals surface area contributed by atoms with Crippen molar-refractivity contribution in [2.24, 2.45) is 5.92 Å². The molecule has 26 heavy (non-hydrogen) atoms. The van der Waals surface area contributed by atoms with Gasteiger partial charge in [-0.3, -0.25) is 0 Å². The molecule has 0 amide bonds. The molecule has 5 rings (SSSR count). The summed E-state index contributed by atoms with van der Waals surface area (Å²) in [6.07, 6.45) is 1.88. The molecule has 2 aliphatic rings. The first-order valence-corrected chi connectivity index (χ1v) is 9.15. The van der Waals surface area contributed by atoms with E-state index in [1.807, 2.05) is 25.1 Å². The summed E-state index contributed by atoms with van der Waals surface area (Å²) in [5.41, 5.74) is 3.20. The van der Waals surface area contributed by atoms with Gasteiger partial charge in [0.15, 0.2) is 6.29 Å². The van der Waals surface area contributed by atoms with Crippen molar-refractivity contribution in [2.75, 3.05) is 0 Å². The number of ether oxygens (including phenoxy) is 2. The summed E-state index contributed by atoms with van der Waals surface area (Å²) in [6, 6.07) is 14.8. The van der Waals surface area contributed by atoms with Gasteiger partial charge in [-0.1, -0.05) is 24.3 Å². The molecule has 3 aromatic rings. The van der Waals surface area contributed by atoms with E-state index >= 15 is 0 Å². The highest BCUT2D eigenvalue weighted by atomic mass is 19.1. The zero-order valence-corrected chi connectivity index (χ0v) is 14.6.